The Balaban J connectivity index is 1.74. The minimum Gasteiger partial charge on any atom is -0.493 e. The third-order valence-electron chi connectivity index (χ3n) is 3.69. The molecule has 0 saturated carbocycles. The van der Waals surface area contributed by atoms with Crippen molar-refractivity contribution in [3.05, 3.63) is 58.6 Å². The molecule has 0 atom stereocenters. The molecule has 0 aromatic heterocycles. The molecule has 2 rings (SSSR count). The van der Waals surface area contributed by atoms with E-state index in [1.165, 1.54) is 0 Å². The van der Waals surface area contributed by atoms with Gasteiger partial charge >= 0.3 is 5.97 Å². The first-order valence-corrected chi connectivity index (χ1v) is 9.23. The fourth-order valence-electron chi connectivity index (χ4n) is 2.38. The monoisotopic (exact) mass is 389 g/mol. The first-order valence-electron chi connectivity index (χ1n) is 8.85. The average molecular weight is 390 g/mol. The Bertz CT molecular complexity index is 787. The van der Waals surface area contributed by atoms with Gasteiger partial charge in [0.15, 0.2) is 0 Å². The third kappa shape index (κ3) is 6.94. The van der Waals surface area contributed by atoms with Gasteiger partial charge in [0, 0.05) is 17.1 Å². The van der Waals surface area contributed by atoms with Gasteiger partial charge < -0.3 is 14.8 Å². The molecule has 144 valence electrons. The fraction of sp³-hybridized carbons (Fsp3) is 0.333. The largest absolute Gasteiger partial charge is 0.493 e. The highest BCUT2D eigenvalue weighted by molar-refractivity contribution is 6.30. The predicted octanol–water partition coefficient (Wildman–Crippen LogP) is 5.01. The van der Waals surface area contributed by atoms with Crippen LogP contribution < -0.4 is 10.1 Å². The molecule has 6 heteroatoms. The number of rotatable bonds is 8. The predicted molar refractivity (Wildman–Crippen MR) is 107 cm³/mol. The van der Waals surface area contributed by atoms with Crippen molar-refractivity contribution in [2.45, 2.75) is 39.7 Å². The van der Waals surface area contributed by atoms with Gasteiger partial charge in [0.05, 0.1) is 18.3 Å². The van der Waals surface area contributed by atoms with Crippen molar-refractivity contribution in [3.63, 3.8) is 0 Å². The van der Waals surface area contributed by atoms with Gasteiger partial charge in [-0.15, -0.1) is 0 Å². The van der Waals surface area contributed by atoms with Crippen LogP contribution >= 0.6 is 11.6 Å². The van der Waals surface area contributed by atoms with Crippen LogP contribution in [0.1, 0.15) is 42.6 Å². The van der Waals surface area contributed by atoms with E-state index < -0.39 is 0 Å². The Kier molecular flexibility index (Phi) is 7.67. The molecule has 0 aliphatic carbocycles. The van der Waals surface area contributed by atoms with Crippen molar-refractivity contribution in [2.24, 2.45) is 0 Å². The number of aryl methyl sites for hydroxylation is 1. The maximum atomic E-state index is 12.0. The van der Waals surface area contributed by atoms with Crippen LogP contribution in [0, 0.1) is 6.92 Å². The fourth-order valence-corrected chi connectivity index (χ4v) is 2.61. The molecule has 0 saturated heterocycles. The summed E-state index contributed by atoms with van der Waals surface area (Å²) in [5, 5.41) is 3.47. The molecule has 0 heterocycles. The molecule has 2 aromatic carbocycles. The van der Waals surface area contributed by atoms with Crippen LogP contribution in [0.4, 0.5) is 5.69 Å². The maximum absolute atomic E-state index is 12.0. The topological polar surface area (TPSA) is 64.6 Å². The third-order valence-corrected chi connectivity index (χ3v) is 3.92. The summed E-state index contributed by atoms with van der Waals surface area (Å²) in [5.74, 6) is 0.283. The molecule has 1 N–H and O–H groups in total. The number of ether oxygens (including phenoxy) is 2. The molecule has 0 spiro atoms. The summed E-state index contributed by atoms with van der Waals surface area (Å²) >= 11 is 5.91. The van der Waals surface area contributed by atoms with Crippen molar-refractivity contribution in [2.75, 3.05) is 11.9 Å². The molecule has 0 aliphatic rings. The number of hydrogen-bond acceptors (Lipinski definition) is 4. The lowest BCUT2D eigenvalue weighted by molar-refractivity contribution is -0.116. The molecule has 0 radical (unpaired) electrons. The van der Waals surface area contributed by atoms with E-state index in [9.17, 15) is 9.59 Å². The number of hydrogen-bond donors (Lipinski definition) is 1. The van der Waals surface area contributed by atoms with Gasteiger partial charge in [-0.3, -0.25) is 4.79 Å². The van der Waals surface area contributed by atoms with Crippen molar-refractivity contribution >= 4 is 29.2 Å². The zero-order valence-corrected chi connectivity index (χ0v) is 16.5. The number of esters is 1. The van der Waals surface area contributed by atoms with Crippen LogP contribution in [0.15, 0.2) is 42.5 Å². The van der Waals surface area contributed by atoms with E-state index in [0.717, 1.165) is 11.3 Å². The first kappa shape index (κ1) is 20.8. The summed E-state index contributed by atoms with van der Waals surface area (Å²) in [7, 11) is 0. The molecular weight excluding hydrogens is 366 g/mol. The Morgan fingerprint density at radius 2 is 1.81 bits per heavy atom. The van der Waals surface area contributed by atoms with E-state index in [-0.39, 0.29) is 18.0 Å². The van der Waals surface area contributed by atoms with Crippen molar-refractivity contribution < 1.29 is 19.1 Å². The zero-order valence-electron chi connectivity index (χ0n) is 15.8. The SMILES string of the molecule is Cc1cc(Cl)ccc1OCCCC(=O)Nc1ccc(C(=O)OC(C)C)cc1. The number of benzene rings is 2. The molecule has 1 amide bonds. The second-order valence-electron chi connectivity index (χ2n) is 6.44. The summed E-state index contributed by atoms with van der Waals surface area (Å²) in [6, 6.07) is 12.1. The number of amides is 1. The number of anilines is 1. The minimum absolute atomic E-state index is 0.107. The average Bonchev–Trinajstić information content (AvgIpc) is 2.60. The highest BCUT2D eigenvalue weighted by atomic mass is 35.5. The molecule has 27 heavy (non-hydrogen) atoms. The lowest BCUT2D eigenvalue weighted by atomic mass is 10.2. The number of halogens is 1. The Morgan fingerprint density at radius 1 is 1.11 bits per heavy atom. The van der Waals surface area contributed by atoms with Gasteiger partial charge in [0.2, 0.25) is 5.91 Å². The van der Waals surface area contributed by atoms with Crippen LogP contribution in [0.5, 0.6) is 5.75 Å². The van der Waals surface area contributed by atoms with Crippen LogP contribution in [-0.4, -0.2) is 24.6 Å². The second-order valence-corrected chi connectivity index (χ2v) is 6.88. The van der Waals surface area contributed by atoms with Gasteiger partial charge in [-0.2, -0.15) is 0 Å². The van der Waals surface area contributed by atoms with Gasteiger partial charge in [-0.05, 0) is 75.2 Å². The number of carbonyl (C=O) groups is 2. The zero-order chi connectivity index (χ0) is 19.8. The van der Waals surface area contributed by atoms with E-state index in [1.54, 1.807) is 44.2 Å². The van der Waals surface area contributed by atoms with Crippen molar-refractivity contribution in [3.8, 4) is 5.75 Å². The molecule has 2 aromatic rings. The summed E-state index contributed by atoms with van der Waals surface area (Å²) in [5.41, 5.74) is 2.05. The molecule has 0 bridgehead atoms. The van der Waals surface area contributed by atoms with E-state index >= 15 is 0 Å². The van der Waals surface area contributed by atoms with E-state index in [4.69, 9.17) is 21.1 Å². The molecule has 5 nitrogen and oxygen atoms in total. The van der Waals surface area contributed by atoms with E-state index in [0.29, 0.717) is 35.7 Å². The smallest absolute Gasteiger partial charge is 0.338 e. The van der Waals surface area contributed by atoms with Crippen LogP contribution in [0.25, 0.3) is 0 Å². The quantitative estimate of drug-likeness (QED) is 0.509. The van der Waals surface area contributed by atoms with Crippen molar-refractivity contribution in [1.82, 2.24) is 0 Å². The van der Waals surface area contributed by atoms with Gasteiger partial charge in [0.1, 0.15) is 5.75 Å². The van der Waals surface area contributed by atoms with Crippen LogP contribution in [-0.2, 0) is 9.53 Å². The minimum atomic E-state index is -0.377. The van der Waals surface area contributed by atoms with E-state index in [2.05, 4.69) is 5.32 Å². The number of nitrogens with one attached hydrogen (secondary N) is 1. The van der Waals surface area contributed by atoms with Crippen LogP contribution in [0.2, 0.25) is 5.02 Å². The summed E-state index contributed by atoms with van der Waals surface area (Å²) < 4.78 is 10.8. The van der Waals surface area contributed by atoms with Gasteiger partial charge in [-0.25, -0.2) is 4.79 Å². The first-order chi connectivity index (χ1) is 12.8. The molecule has 0 fully saturated rings. The highest BCUT2D eigenvalue weighted by Gasteiger charge is 2.09. The Labute approximate surface area is 164 Å². The maximum Gasteiger partial charge on any atom is 0.338 e. The normalized spacial score (nSPS) is 10.6. The summed E-state index contributed by atoms with van der Waals surface area (Å²) in [6.07, 6.45) is 0.756. The number of carbonyl (C=O) groups excluding carboxylic acids is 2. The summed E-state index contributed by atoms with van der Waals surface area (Å²) in [4.78, 5) is 23.8. The molecule has 0 unspecified atom stereocenters. The van der Waals surface area contributed by atoms with Crippen LogP contribution in [0.3, 0.4) is 0 Å². The Hall–Kier alpha value is -2.53. The standard InChI is InChI=1S/C21H24ClNO4/c1-14(2)27-21(25)16-6-9-18(10-7-16)23-20(24)5-4-12-26-19-11-8-17(22)13-15(19)3/h6-11,13-14H,4-5,12H2,1-3H3,(H,23,24). The highest BCUT2D eigenvalue weighted by Crippen LogP contribution is 2.22. The molecular formula is C21H24ClNO4. The van der Waals surface area contributed by atoms with E-state index in [1.807, 2.05) is 19.1 Å². The lowest BCUT2D eigenvalue weighted by Crippen LogP contribution is -2.14. The lowest BCUT2D eigenvalue weighted by Gasteiger charge is -2.10. The summed E-state index contributed by atoms with van der Waals surface area (Å²) in [6.45, 7) is 5.96. The van der Waals surface area contributed by atoms with Gasteiger partial charge in [-0.1, -0.05) is 11.6 Å². The second kappa shape index (κ2) is 9.97. The van der Waals surface area contributed by atoms with Crippen molar-refractivity contribution in [1.29, 1.82) is 0 Å². The van der Waals surface area contributed by atoms with Gasteiger partial charge in [0.25, 0.3) is 0 Å². The molecule has 0 aliphatic heterocycles. The Morgan fingerprint density at radius 3 is 2.44 bits per heavy atom.